The minimum Gasteiger partial charge on any atom is -0.267 e. The van der Waals surface area contributed by atoms with Gasteiger partial charge in [0.15, 0.2) is 0 Å². The third-order valence-electron chi connectivity index (χ3n) is 2.36. The molecule has 2 aliphatic rings. The number of halogens is 1. The van der Waals surface area contributed by atoms with Crippen LogP contribution in [0.25, 0.3) is 0 Å². The molecule has 0 heterocycles. The Morgan fingerprint density at radius 1 is 1.07 bits per heavy atom. The molecule has 0 fully saturated rings. The number of hydrogen-bond acceptors (Lipinski definition) is 1. The number of allylic oxidation sites excluding steroid dienone is 6. The Bertz CT molecular complexity index is 285. The van der Waals surface area contributed by atoms with E-state index in [1.807, 2.05) is 12.2 Å². The summed E-state index contributed by atoms with van der Waals surface area (Å²) in [6.45, 7) is 0. The van der Waals surface area contributed by atoms with Crippen molar-refractivity contribution in [3.05, 3.63) is 47.6 Å². The van der Waals surface area contributed by atoms with E-state index in [0.29, 0.717) is 0 Å². The molecule has 0 amide bonds. The molecule has 0 unspecified atom stereocenters. The average Bonchev–Trinajstić information content (AvgIpc) is 2.76. The van der Waals surface area contributed by atoms with Gasteiger partial charge in [0.25, 0.3) is 0 Å². The summed E-state index contributed by atoms with van der Waals surface area (Å²) in [6, 6.07) is 0. The van der Waals surface area contributed by atoms with Gasteiger partial charge >= 0.3 is 0 Å². The van der Waals surface area contributed by atoms with Crippen molar-refractivity contribution in [2.24, 2.45) is 0 Å². The van der Waals surface area contributed by atoms with E-state index in [1.165, 1.54) is 11.1 Å². The van der Waals surface area contributed by atoms with Gasteiger partial charge in [0.2, 0.25) is 0 Å². The van der Waals surface area contributed by atoms with E-state index in [2.05, 4.69) is 24.3 Å². The molecule has 72 valence electrons. The van der Waals surface area contributed by atoms with Gasteiger partial charge in [0.1, 0.15) is 6.10 Å². The zero-order valence-electron chi connectivity index (χ0n) is 7.74. The summed E-state index contributed by atoms with van der Waals surface area (Å²) in [7, 11) is 0. The molecule has 0 aromatic rings. The zero-order chi connectivity index (χ0) is 9.10. The summed E-state index contributed by atoms with van der Waals surface area (Å²) < 4.78 is 4.97. The summed E-state index contributed by atoms with van der Waals surface area (Å²) in [5.74, 6) is 0. The van der Waals surface area contributed by atoms with Crippen LogP contribution in [-0.2, 0) is 30.5 Å². The van der Waals surface area contributed by atoms with Crippen molar-refractivity contribution in [2.75, 3.05) is 0 Å². The Morgan fingerprint density at radius 2 is 1.57 bits per heavy atom. The molecular weight excluding hydrogens is 275 g/mol. The molecule has 1 nitrogen and oxygen atoms in total. The van der Waals surface area contributed by atoms with Gasteiger partial charge in [-0.05, 0) is 24.0 Å². The van der Waals surface area contributed by atoms with Crippen molar-refractivity contribution >= 4 is 11.9 Å². The Morgan fingerprint density at radius 3 is 1.86 bits per heavy atom. The van der Waals surface area contributed by atoms with E-state index >= 15 is 0 Å². The summed E-state index contributed by atoms with van der Waals surface area (Å²) in [4.78, 5) is 0. The fraction of sp³-hybridized carbons (Fsp3) is 0.273. The van der Waals surface area contributed by atoms with Crippen molar-refractivity contribution in [3.63, 3.8) is 0 Å². The van der Waals surface area contributed by atoms with Crippen molar-refractivity contribution < 1.29 is 30.5 Å². The molecule has 2 aliphatic carbocycles. The maximum Gasteiger partial charge on any atom is 0.122 e. The van der Waals surface area contributed by atoms with Crippen LogP contribution >= 0.6 is 11.9 Å². The predicted octanol–water partition coefficient (Wildman–Crippen LogP) is 3.30. The van der Waals surface area contributed by atoms with Crippen LogP contribution in [0.4, 0.5) is 0 Å². The molecule has 3 heteroatoms. The van der Waals surface area contributed by atoms with Crippen LogP contribution in [0, 0.1) is 0 Å². The molecule has 2 rings (SSSR count). The maximum atomic E-state index is 5.49. The second-order valence-corrected chi connectivity index (χ2v) is 3.40. The first-order valence-corrected chi connectivity index (χ1v) is 4.71. The summed E-state index contributed by atoms with van der Waals surface area (Å²) in [5, 5.41) is 0. The first kappa shape index (κ1) is 12.2. The van der Waals surface area contributed by atoms with Crippen molar-refractivity contribution in [1.29, 1.82) is 0 Å². The topological polar surface area (TPSA) is 9.23 Å². The molecule has 0 spiro atoms. The van der Waals surface area contributed by atoms with Crippen molar-refractivity contribution in [3.8, 4) is 0 Å². The quantitative estimate of drug-likeness (QED) is 0.773. The Balaban J connectivity index is 0.000000980. The van der Waals surface area contributed by atoms with Crippen LogP contribution < -0.4 is 0 Å². The third kappa shape index (κ3) is 2.56. The molecule has 0 bridgehead atoms. The smallest absolute Gasteiger partial charge is 0.122 e. The van der Waals surface area contributed by atoms with E-state index in [0.717, 1.165) is 12.8 Å². The maximum absolute atomic E-state index is 5.49. The molecule has 0 aromatic heterocycles. The van der Waals surface area contributed by atoms with Gasteiger partial charge in [-0.15, -0.1) is 0 Å². The third-order valence-corrected chi connectivity index (χ3v) is 2.54. The Hall–Kier alpha value is 0.0931. The normalized spacial score (nSPS) is 18.4. The molecule has 0 saturated heterocycles. The molecule has 0 atom stereocenters. The van der Waals surface area contributed by atoms with E-state index in [1.54, 1.807) is 0 Å². The predicted molar refractivity (Wildman–Crippen MR) is 54.4 cm³/mol. The molecular formula is C11H11ClOZr. The van der Waals surface area contributed by atoms with Gasteiger partial charge in [0, 0.05) is 26.2 Å². The van der Waals surface area contributed by atoms with E-state index in [-0.39, 0.29) is 32.3 Å². The first-order chi connectivity index (χ1) is 6.42. The van der Waals surface area contributed by atoms with Crippen LogP contribution in [-0.4, -0.2) is 6.10 Å². The average molecular weight is 286 g/mol. The molecule has 0 saturated carbocycles. The summed E-state index contributed by atoms with van der Waals surface area (Å²) in [6.07, 6.45) is 14.3. The second-order valence-electron chi connectivity index (χ2n) is 3.22. The second kappa shape index (κ2) is 5.85. The fourth-order valence-electron chi connectivity index (χ4n) is 1.67. The fourth-order valence-corrected chi connectivity index (χ4v) is 1.90. The monoisotopic (exact) mass is 284 g/mol. The van der Waals surface area contributed by atoms with Crippen molar-refractivity contribution in [2.45, 2.75) is 18.9 Å². The summed E-state index contributed by atoms with van der Waals surface area (Å²) >= 11 is 5.49. The van der Waals surface area contributed by atoms with Gasteiger partial charge in [-0.2, -0.15) is 0 Å². The molecule has 0 aliphatic heterocycles. The SMILES string of the molecule is ClOC(C1=CC=CC1)C1=CC=CC1.[Zr]. The number of rotatable bonds is 3. The van der Waals surface area contributed by atoms with E-state index in [4.69, 9.17) is 16.2 Å². The minimum atomic E-state index is -0.0355. The molecule has 0 N–H and O–H groups in total. The van der Waals surface area contributed by atoms with E-state index in [9.17, 15) is 0 Å². The molecule has 0 aromatic carbocycles. The van der Waals surface area contributed by atoms with Crippen LogP contribution in [0.1, 0.15) is 12.8 Å². The van der Waals surface area contributed by atoms with Gasteiger partial charge < -0.3 is 0 Å². The van der Waals surface area contributed by atoms with Crippen molar-refractivity contribution in [1.82, 2.24) is 0 Å². The largest absolute Gasteiger partial charge is 0.267 e. The van der Waals surface area contributed by atoms with Gasteiger partial charge in [-0.25, -0.2) is 0 Å². The molecule has 14 heavy (non-hydrogen) atoms. The van der Waals surface area contributed by atoms with Gasteiger partial charge in [0.05, 0.1) is 11.9 Å². The summed E-state index contributed by atoms with van der Waals surface area (Å²) in [5.41, 5.74) is 2.48. The Kier molecular flexibility index (Phi) is 5.08. The van der Waals surface area contributed by atoms with Gasteiger partial charge in [-0.1, -0.05) is 36.5 Å². The first-order valence-electron chi connectivity index (χ1n) is 4.40. The van der Waals surface area contributed by atoms with Crippen LogP contribution in [0.3, 0.4) is 0 Å². The van der Waals surface area contributed by atoms with E-state index < -0.39 is 0 Å². The molecule has 0 radical (unpaired) electrons. The minimum absolute atomic E-state index is 0. The van der Waals surface area contributed by atoms with Crippen LogP contribution in [0.5, 0.6) is 0 Å². The number of hydrogen-bond donors (Lipinski definition) is 0. The standard InChI is InChI=1S/C11H11ClO.Zr/c12-13-11(9-5-1-2-6-9)10-7-3-4-8-10;/h1-5,7,11H,6,8H2;. The van der Waals surface area contributed by atoms with Crippen LogP contribution in [0.15, 0.2) is 47.6 Å². The van der Waals surface area contributed by atoms with Crippen LogP contribution in [0.2, 0.25) is 0 Å². The Labute approximate surface area is 108 Å². The van der Waals surface area contributed by atoms with Gasteiger partial charge in [-0.3, -0.25) is 4.29 Å². The zero-order valence-corrected chi connectivity index (χ0v) is 11.0.